The SMILES string of the molecule is O=CC(CCN1CCN(c2cccc3[nH]ccc23)CC1)c1ccccc1. The van der Waals surface area contributed by atoms with Crippen LogP contribution in [-0.4, -0.2) is 48.9 Å². The molecule has 1 unspecified atom stereocenters. The molecule has 2 aromatic carbocycles. The Balaban J connectivity index is 1.34. The lowest BCUT2D eigenvalue weighted by molar-refractivity contribution is -0.109. The van der Waals surface area contributed by atoms with Crippen molar-refractivity contribution in [2.24, 2.45) is 0 Å². The molecule has 0 aliphatic carbocycles. The first-order valence-corrected chi connectivity index (χ1v) is 9.39. The van der Waals surface area contributed by atoms with Crippen LogP contribution in [0.15, 0.2) is 60.8 Å². The summed E-state index contributed by atoms with van der Waals surface area (Å²) in [5, 5.41) is 1.30. The summed E-state index contributed by atoms with van der Waals surface area (Å²) in [5.41, 5.74) is 3.64. The van der Waals surface area contributed by atoms with E-state index in [9.17, 15) is 4.79 Å². The number of piperazine rings is 1. The molecule has 134 valence electrons. The van der Waals surface area contributed by atoms with Crippen molar-refractivity contribution in [3.05, 3.63) is 66.4 Å². The van der Waals surface area contributed by atoms with E-state index in [-0.39, 0.29) is 5.92 Å². The van der Waals surface area contributed by atoms with Crippen molar-refractivity contribution >= 4 is 22.9 Å². The lowest BCUT2D eigenvalue weighted by Crippen LogP contribution is -2.46. The number of hydrogen-bond donors (Lipinski definition) is 1. The van der Waals surface area contributed by atoms with Crippen molar-refractivity contribution < 1.29 is 4.79 Å². The molecule has 1 fully saturated rings. The van der Waals surface area contributed by atoms with Gasteiger partial charge in [-0.2, -0.15) is 0 Å². The zero-order valence-corrected chi connectivity index (χ0v) is 15.0. The standard InChI is InChI=1S/C22H25N3O/c26-17-19(18-5-2-1-3-6-18)10-12-24-13-15-25(16-14-24)22-8-4-7-21-20(22)9-11-23-21/h1-9,11,17,19,23H,10,12-16H2. The number of rotatable bonds is 6. The number of carbonyl (C=O) groups excluding carboxylic acids is 1. The third-order valence-corrected chi connectivity index (χ3v) is 5.43. The van der Waals surface area contributed by atoms with Crippen molar-refractivity contribution in [2.75, 3.05) is 37.6 Å². The Morgan fingerprint density at radius 3 is 2.54 bits per heavy atom. The van der Waals surface area contributed by atoms with Gasteiger partial charge in [-0.3, -0.25) is 4.90 Å². The maximum Gasteiger partial charge on any atom is 0.127 e. The molecule has 3 aromatic rings. The van der Waals surface area contributed by atoms with Gasteiger partial charge in [0.2, 0.25) is 0 Å². The van der Waals surface area contributed by atoms with Gasteiger partial charge in [-0.05, 0) is 36.7 Å². The summed E-state index contributed by atoms with van der Waals surface area (Å²) in [6.45, 7) is 5.12. The maximum absolute atomic E-state index is 11.5. The molecule has 0 spiro atoms. The van der Waals surface area contributed by atoms with Crippen LogP contribution >= 0.6 is 0 Å². The summed E-state index contributed by atoms with van der Waals surface area (Å²) in [5.74, 6) is 0.00262. The average molecular weight is 347 g/mol. The highest BCUT2D eigenvalue weighted by atomic mass is 16.1. The van der Waals surface area contributed by atoms with E-state index >= 15 is 0 Å². The fourth-order valence-corrected chi connectivity index (χ4v) is 3.89. The number of aromatic amines is 1. The first kappa shape index (κ1) is 16.9. The van der Waals surface area contributed by atoms with E-state index < -0.39 is 0 Å². The second-order valence-electron chi connectivity index (χ2n) is 6.99. The van der Waals surface area contributed by atoms with E-state index in [0.717, 1.165) is 51.0 Å². The molecule has 1 aliphatic heterocycles. The predicted molar refractivity (Wildman–Crippen MR) is 107 cm³/mol. The van der Waals surface area contributed by atoms with Gasteiger partial charge in [0.15, 0.2) is 0 Å². The van der Waals surface area contributed by atoms with Crippen molar-refractivity contribution in [2.45, 2.75) is 12.3 Å². The lowest BCUT2D eigenvalue weighted by Gasteiger charge is -2.36. The molecule has 1 N–H and O–H groups in total. The molecule has 0 saturated carbocycles. The first-order chi connectivity index (χ1) is 12.8. The van der Waals surface area contributed by atoms with Gasteiger partial charge in [0.25, 0.3) is 0 Å². The Bertz CT molecular complexity index is 850. The fraction of sp³-hybridized carbons (Fsp3) is 0.318. The molecule has 2 heterocycles. The minimum atomic E-state index is 0.00262. The number of carbonyl (C=O) groups is 1. The van der Waals surface area contributed by atoms with Crippen LogP contribution < -0.4 is 4.90 Å². The molecule has 26 heavy (non-hydrogen) atoms. The minimum absolute atomic E-state index is 0.00262. The van der Waals surface area contributed by atoms with Crippen LogP contribution in [-0.2, 0) is 4.79 Å². The summed E-state index contributed by atoms with van der Waals surface area (Å²) in [6, 6.07) is 18.7. The zero-order chi connectivity index (χ0) is 17.8. The smallest absolute Gasteiger partial charge is 0.127 e. The molecule has 0 amide bonds. The third-order valence-electron chi connectivity index (χ3n) is 5.43. The van der Waals surface area contributed by atoms with Crippen LogP contribution in [0.1, 0.15) is 17.9 Å². The number of nitrogens with one attached hydrogen (secondary N) is 1. The minimum Gasteiger partial charge on any atom is -0.368 e. The van der Waals surface area contributed by atoms with Crippen LogP contribution in [0.2, 0.25) is 0 Å². The molecular formula is C22H25N3O. The molecule has 0 radical (unpaired) electrons. The highest BCUT2D eigenvalue weighted by Crippen LogP contribution is 2.27. The van der Waals surface area contributed by atoms with Gasteiger partial charge in [0, 0.05) is 54.9 Å². The fourth-order valence-electron chi connectivity index (χ4n) is 3.89. The largest absolute Gasteiger partial charge is 0.368 e. The number of fused-ring (bicyclic) bond motifs is 1. The van der Waals surface area contributed by atoms with E-state index in [1.165, 1.54) is 16.6 Å². The number of nitrogens with zero attached hydrogens (tertiary/aromatic N) is 2. The highest BCUT2D eigenvalue weighted by Gasteiger charge is 2.20. The van der Waals surface area contributed by atoms with Gasteiger partial charge < -0.3 is 14.7 Å². The highest BCUT2D eigenvalue weighted by molar-refractivity contribution is 5.92. The molecule has 1 aliphatic rings. The van der Waals surface area contributed by atoms with E-state index in [4.69, 9.17) is 0 Å². The molecule has 0 bridgehead atoms. The molecule has 4 nitrogen and oxygen atoms in total. The van der Waals surface area contributed by atoms with Gasteiger partial charge in [-0.25, -0.2) is 0 Å². The molecule has 4 rings (SSSR count). The van der Waals surface area contributed by atoms with Crippen molar-refractivity contribution in [3.8, 4) is 0 Å². The summed E-state index contributed by atoms with van der Waals surface area (Å²) < 4.78 is 0. The quantitative estimate of drug-likeness (QED) is 0.692. The summed E-state index contributed by atoms with van der Waals surface area (Å²) >= 11 is 0. The van der Waals surface area contributed by atoms with Crippen LogP contribution in [0.5, 0.6) is 0 Å². The molecule has 1 atom stereocenters. The Hall–Kier alpha value is -2.59. The number of aromatic nitrogens is 1. The van der Waals surface area contributed by atoms with E-state index in [2.05, 4.69) is 51.2 Å². The number of anilines is 1. The van der Waals surface area contributed by atoms with Crippen molar-refractivity contribution in [3.63, 3.8) is 0 Å². The van der Waals surface area contributed by atoms with Crippen LogP contribution in [0.4, 0.5) is 5.69 Å². The van der Waals surface area contributed by atoms with Crippen molar-refractivity contribution in [1.29, 1.82) is 0 Å². The van der Waals surface area contributed by atoms with E-state index in [0.29, 0.717) is 0 Å². The Kier molecular flexibility index (Phi) is 5.02. The van der Waals surface area contributed by atoms with E-state index in [1.807, 2.05) is 24.4 Å². The summed E-state index contributed by atoms with van der Waals surface area (Å²) in [6.07, 6.45) is 3.99. The number of H-pyrrole nitrogens is 1. The van der Waals surface area contributed by atoms with Crippen molar-refractivity contribution in [1.82, 2.24) is 9.88 Å². The first-order valence-electron chi connectivity index (χ1n) is 9.39. The van der Waals surface area contributed by atoms with Crippen LogP contribution in [0.25, 0.3) is 10.9 Å². The van der Waals surface area contributed by atoms with Crippen LogP contribution in [0.3, 0.4) is 0 Å². The van der Waals surface area contributed by atoms with Gasteiger partial charge in [-0.15, -0.1) is 0 Å². The van der Waals surface area contributed by atoms with Crippen LogP contribution in [0, 0.1) is 0 Å². The number of hydrogen-bond acceptors (Lipinski definition) is 3. The molecule has 1 saturated heterocycles. The molecule has 4 heteroatoms. The molecule has 1 aromatic heterocycles. The lowest BCUT2D eigenvalue weighted by atomic mass is 9.97. The predicted octanol–water partition coefficient (Wildman–Crippen LogP) is 3.66. The maximum atomic E-state index is 11.5. The Labute approximate surface area is 154 Å². The van der Waals surface area contributed by atoms with Gasteiger partial charge >= 0.3 is 0 Å². The number of benzene rings is 2. The average Bonchev–Trinajstić information content (AvgIpc) is 3.19. The van der Waals surface area contributed by atoms with Gasteiger partial charge in [-0.1, -0.05) is 36.4 Å². The van der Waals surface area contributed by atoms with Gasteiger partial charge in [0.05, 0.1) is 0 Å². The Morgan fingerprint density at radius 2 is 1.77 bits per heavy atom. The summed E-state index contributed by atoms with van der Waals surface area (Å²) in [4.78, 5) is 19.7. The second kappa shape index (κ2) is 7.75. The monoisotopic (exact) mass is 347 g/mol. The zero-order valence-electron chi connectivity index (χ0n) is 15.0. The molecular weight excluding hydrogens is 322 g/mol. The van der Waals surface area contributed by atoms with E-state index in [1.54, 1.807) is 0 Å². The number of aldehydes is 1. The third kappa shape index (κ3) is 3.51. The normalized spacial score (nSPS) is 16.7. The second-order valence-corrected chi connectivity index (χ2v) is 6.99. The summed E-state index contributed by atoms with van der Waals surface area (Å²) in [7, 11) is 0. The topological polar surface area (TPSA) is 39.3 Å². The van der Waals surface area contributed by atoms with Gasteiger partial charge in [0.1, 0.15) is 6.29 Å². The Morgan fingerprint density at radius 1 is 0.962 bits per heavy atom.